The predicted molar refractivity (Wildman–Crippen MR) is 89.5 cm³/mol. The highest BCUT2D eigenvalue weighted by molar-refractivity contribution is 7.89. The van der Waals surface area contributed by atoms with Crippen molar-refractivity contribution in [2.45, 2.75) is 44.6 Å². The van der Waals surface area contributed by atoms with Crippen LogP contribution in [-0.2, 0) is 14.8 Å². The highest BCUT2D eigenvalue weighted by Gasteiger charge is 2.45. The lowest BCUT2D eigenvalue weighted by Gasteiger charge is -2.48. The van der Waals surface area contributed by atoms with Gasteiger partial charge in [-0.05, 0) is 45.6 Å². The van der Waals surface area contributed by atoms with E-state index in [1.54, 1.807) is 11.2 Å². The van der Waals surface area contributed by atoms with Crippen LogP contribution in [0.5, 0.6) is 0 Å². The van der Waals surface area contributed by atoms with Gasteiger partial charge in [0.25, 0.3) is 0 Å². The number of likely N-dealkylation sites (N-methyl/N-ethyl adjacent to an activating group) is 1. The van der Waals surface area contributed by atoms with Crippen LogP contribution in [-0.4, -0.2) is 79.5 Å². The number of carbonyl (C=O) groups is 1. The molecule has 1 saturated carbocycles. The van der Waals surface area contributed by atoms with E-state index in [0.717, 1.165) is 32.5 Å². The maximum atomic E-state index is 12.4. The largest absolute Gasteiger partial charge is 0.342 e. The molecule has 1 amide bonds. The number of hydrogen-bond acceptors (Lipinski definition) is 4. The van der Waals surface area contributed by atoms with E-state index in [9.17, 15) is 13.2 Å². The van der Waals surface area contributed by atoms with Crippen LogP contribution in [0.25, 0.3) is 0 Å². The van der Waals surface area contributed by atoms with Gasteiger partial charge >= 0.3 is 0 Å². The molecule has 0 unspecified atom stereocenters. The molecule has 0 N–H and O–H groups in total. The van der Waals surface area contributed by atoms with Crippen molar-refractivity contribution in [3.8, 4) is 0 Å². The van der Waals surface area contributed by atoms with Crippen molar-refractivity contribution >= 4 is 15.9 Å². The number of rotatable bonds is 4. The maximum Gasteiger partial charge on any atom is 0.222 e. The lowest BCUT2D eigenvalue weighted by atomic mass is 9.87. The summed E-state index contributed by atoms with van der Waals surface area (Å²) in [5.74, 6) is 1.10. The summed E-state index contributed by atoms with van der Waals surface area (Å²) >= 11 is 0. The molecular formula is C16H29N3O3S. The van der Waals surface area contributed by atoms with Crippen LogP contribution in [0.4, 0.5) is 0 Å². The normalized spacial score (nSPS) is 31.6. The van der Waals surface area contributed by atoms with E-state index in [2.05, 4.69) is 11.9 Å². The Morgan fingerprint density at radius 3 is 2.57 bits per heavy atom. The molecule has 0 aromatic rings. The van der Waals surface area contributed by atoms with E-state index in [1.807, 2.05) is 4.90 Å². The summed E-state index contributed by atoms with van der Waals surface area (Å²) in [5.41, 5.74) is -0.186. The Kier molecular flexibility index (Phi) is 4.73. The Balaban J connectivity index is 1.74. The number of nitrogens with zero attached hydrogens (tertiary/aromatic N) is 3. The van der Waals surface area contributed by atoms with Crippen LogP contribution in [0.2, 0.25) is 0 Å². The molecule has 2 saturated heterocycles. The molecule has 132 valence electrons. The highest BCUT2D eigenvalue weighted by atomic mass is 32.2. The quantitative estimate of drug-likeness (QED) is 0.756. The second-order valence-electron chi connectivity index (χ2n) is 7.41. The zero-order valence-electron chi connectivity index (χ0n) is 14.3. The second kappa shape index (κ2) is 6.33. The van der Waals surface area contributed by atoms with E-state index < -0.39 is 10.0 Å². The van der Waals surface area contributed by atoms with Crippen molar-refractivity contribution in [1.29, 1.82) is 0 Å². The van der Waals surface area contributed by atoms with Crippen molar-refractivity contribution in [1.82, 2.24) is 14.1 Å². The molecular weight excluding hydrogens is 314 g/mol. The second-order valence-corrected chi connectivity index (χ2v) is 9.67. The summed E-state index contributed by atoms with van der Waals surface area (Å²) < 4.78 is 26.2. The molecule has 3 aliphatic rings. The van der Waals surface area contributed by atoms with Crippen molar-refractivity contribution in [3.05, 3.63) is 0 Å². The molecule has 7 heteroatoms. The number of piperazine rings is 1. The van der Waals surface area contributed by atoms with Crippen LogP contribution in [0.15, 0.2) is 0 Å². The average Bonchev–Trinajstić information content (AvgIpc) is 3.35. The lowest BCUT2D eigenvalue weighted by molar-refractivity contribution is -0.130. The SMILES string of the molecule is CCS(=O)(=O)N1CCN(C)[C@@]2(CCC(=O)N(CC3CC3)CC2)C1. The van der Waals surface area contributed by atoms with Crippen molar-refractivity contribution in [2.24, 2.45) is 5.92 Å². The van der Waals surface area contributed by atoms with Gasteiger partial charge < -0.3 is 4.90 Å². The van der Waals surface area contributed by atoms with Gasteiger partial charge in [-0.3, -0.25) is 9.69 Å². The summed E-state index contributed by atoms with van der Waals surface area (Å²) in [7, 11) is -1.08. The molecule has 0 radical (unpaired) electrons. The zero-order chi connectivity index (χ0) is 16.7. The van der Waals surface area contributed by atoms with Crippen LogP contribution >= 0.6 is 0 Å². The lowest BCUT2D eigenvalue weighted by Crippen LogP contribution is -2.62. The van der Waals surface area contributed by atoms with Gasteiger partial charge in [-0.2, -0.15) is 4.31 Å². The topological polar surface area (TPSA) is 60.9 Å². The summed E-state index contributed by atoms with van der Waals surface area (Å²) in [4.78, 5) is 16.7. The average molecular weight is 343 g/mol. The molecule has 6 nitrogen and oxygen atoms in total. The minimum Gasteiger partial charge on any atom is -0.342 e. The molecule has 2 aliphatic heterocycles. The van der Waals surface area contributed by atoms with E-state index in [-0.39, 0.29) is 17.2 Å². The fourth-order valence-electron chi connectivity index (χ4n) is 3.88. The van der Waals surface area contributed by atoms with Gasteiger partial charge in [-0.15, -0.1) is 0 Å². The Labute approximate surface area is 139 Å². The minimum atomic E-state index is -3.16. The third-order valence-electron chi connectivity index (χ3n) is 5.90. The first-order chi connectivity index (χ1) is 10.9. The van der Waals surface area contributed by atoms with Gasteiger partial charge in [0.05, 0.1) is 5.75 Å². The van der Waals surface area contributed by atoms with Gasteiger partial charge in [0, 0.05) is 44.7 Å². The molecule has 0 aromatic heterocycles. The van der Waals surface area contributed by atoms with E-state index >= 15 is 0 Å². The Hall–Kier alpha value is -0.660. The summed E-state index contributed by atoms with van der Waals surface area (Å²) in [6, 6.07) is 0. The maximum absolute atomic E-state index is 12.4. The summed E-state index contributed by atoms with van der Waals surface area (Å²) in [6.45, 7) is 5.21. The first-order valence-corrected chi connectivity index (χ1v) is 10.4. The van der Waals surface area contributed by atoms with Gasteiger partial charge in [-0.25, -0.2) is 8.42 Å². The first kappa shape index (κ1) is 17.2. The fourth-order valence-corrected chi connectivity index (χ4v) is 5.04. The number of carbonyl (C=O) groups excluding carboxylic acids is 1. The van der Waals surface area contributed by atoms with E-state index in [0.29, 0.717) is 25.4 Å². The molecule has 1 spiro atoms. The van der Waals surface area contributed by atoms with E-state index in [1.165, 1.54) is 12.8 Å². The number of amides is 1. The molecule has 1 aliphatic carbocycles. The monoisotopic (exact) mass is 343 g/mol. The van der Waals surface area contributed by atoms with Crippen molar-refractivity contribution < 1.29 is 13.2 Å². The van der Waals surface area contributed by atoms with Crippen molar-refractivity contribution in [3.63, 3.8) is 0 Å². The van der Waals surface area contributed by atoms with Crippen LogP contribution < -0.4 is 0 Å². The number of hydrogen-bond donors (Lipinski definition) is 0. The van der Waals surface area contributed by atoms with Crippen LogP contribution in [0.3, 0.4) is 0 Å². The first-order valence-electron chi connectivity index (χ1n) is 8.83. The molecule has 23 heavy (non-hydrogen) atoms. The summed E-state index contributed by atoms with van der Waals surface area (Å²) in [6.07, 6.45) is 4.67. The molecule has 2 heterocycles. The standard InChI is InChI=1S/C16H29N3O3S/c1-3-23(21,22)19-11-10-17(2)16(13-19)7-6-15(20)18(9-8-16)12-14-4-5-14/h14H,3-13H2,1-2H3/t16-/m1/s1. The van der Waals surface area contributed by atoms with E-state index in [4.69, 9.17) is 0 Å². The van der Waals surface area contributed by atoms with Crippen LogP contribution in [0, 0.1) is 5.92 Å². The van der Waals surface area contributed by atoms with Crippen molar-refractivity contribution in [2.75, 3.05) is 45.5 Å². The van der Waals surface area contributed by atoms with Gasteiger partial charge in [0.1, 0.15) is 0 Å². The molecule has 0 aromatic carbocycles. The predicted octanol–water partition coefficient (Wildman–Crippen LogP) is 0.745. The molecule has 1 atom stereocenters. The van der Waals surface area contributed by atoms with Crippen LogP contribution in [0.1, 0.15) is 39.0 Å². The number of likely N-dealkylation sites (tertiary alicyclic amines) is 1. The molecule has 0 bridgehead atoms. The zero-order valence-corrected chi connectivity index (χ0v) is 15.1. The van der Waals surface area contributed by atoms with Gasteiger partial charge in [0.2, 0.25) is 15.9 Å². The van der Waals surface area contributed by atoms with Gasteiger partial charge in [0.15, 0.2) is 0 Å². The molecule has 3 rings (SSSR count). The molecule has 3 fully saturated rings. The minimum absolute atomic E-state index is 0.152. The smallest absolute Gasteiger partial charge is 0.222 e. The fraction of sp³-hybridized carbons (Fsp3) is 0.938. The highest BCUT2D eigenvalue weighted by Crippen LogP contribution is 2.35. The Morgan fingerprint density at radius 2 is 1.91 bits per heavy atom. The third kappa shape index (κ3) is 3.56. The Bertz CT molecular complexity index is 561. The van der Waals surface area contributed by atoms with Gasteiger partial charge in [-0.1, -0.05) is 0 Å². The third-order valence-corrected chi connectivity index (χ3v) is 7.73. The number of sulfonamides is 1. The Morgan fingerprint density at radius 1 is 1.17 bits per heavy atom. The summed E-state index contributed by atoms with van der Waals surface area (Å²) in [5, 5.41) is 0.